The highest BCUT2D eigenvalue weighted by Crippen LogP contribution is 2.37. The molecular weight excluding hydrogens is 294 g/mol. The summed E-state index contributed by atoms with van der Waals surface area (Å²) in [4.78, 5) is 6.01. The first-order valence-electron chi connectivity index (χ1n) is 6.98. The standard InChI is InChI=1S/C18H17NO2S/c1-12-17(13-7-5-4-6-8-13)19-18(22-12)14-9-10-15(20-2)16(11-14)21-3/h4-11H,1-3H3. The van der Waals surface area contributed by atoms with Crippen molar-refractivity contribution in [3.05, 3.63) is 53.4 Å². The molecule has 22 heavy (non-hydrogen) atoms. The van der Waals surface area contributed by atoms with Crippen LogP contribution >= 0.6 is 11.3 Å². The van der Waals surface area contributed by atoms with E-state index in [2.05, 4.69) is 19.1 Å². The lowest BCUT2D eigenvalue weighted by Crippen LogP contribution is -1.90. The van der Waals surface area contributed by atoms with Gasteiger partial charge in [-0.2, -0.15) is 0 Å². The molecule has 0 aliphatic rings. The molecular formula is C18H17NO2S. The summed E-state index contributed by atoms with van der Waals surface area (Å²) >= 11 is 1.69. The Kier molecular flexibility index (Phi) is 4.11. The number of hydrogen-bond donors (Lipinski definition) is 0. The number of aromatic nitrogens is 1. The van der Waals surface area contributed by atoms with E-state index in [0.29, 0.717) is 5.75 Å². The SMILES string of the molecule is COc1ccc(-c2nc(-c3ccccc3)c(C)s2)cc1OC. The van der Waals surface area contributed by atoms with Crippen LogP contribution in [0.5, 0.6) is 11.5 Å². The molecule has 4 heteroatoms. The molecule has 0 spiro atoms. The minimum absolute atomic E-state index is 0.717. The minimum atomic E-state index is 0.717. The second-order valence-electron chi connectivity index (χ2n) is 4.86. The Hall–Kier alpha value is -2.33. The summed E-state index contributed by atoms with van der Waals surface area (Å²) < 4.78 is 10.7. The van der Waals surface area contributed by atoms with Crippen molar-refractivity contribution in [2.75, 3.05) is 14.2 Å². The van der Waals surface area contributed by atoms with Crippen molar-refractivity contribution in [3.63, 3.8) is 0 Å². The summed E-state index contributed by atoms with van der Waals surface area (Å²) in [7, 11) is 3.28. The summed E-state index contributed by atoms with van der Waals surface area (Å²) in [6.45, 7) is 2.10. The van der Waals surface area contributed by atoms with Crippen LogP contribution < -0.4 is 9.47 Å². The smallest absolute Gasteiger partial charge is 0.161 e. The molecule has 0 N–H and O–H groups in total. The Morgan fingerprint density at radius 2 is 1.59 bits per heavy atom. The lowest BCUT2D eigenvalue weighted by molar-refractivity contribution is 0.355. The summed E-state index contributed by atoms with van der Waals surface area (Å²) in [6, 6.07) is 16.1. The van der Waals surface area contributed by atoms with Gasteiger partial charge in [-0.15, -0.1) is 11.3 Å². The number of thiazole rings is 1. The van der Waals surface area contributed by atoms with Crippen LogP contribution in [-0.4, -0.2) is 19.2 Å². The Morgan fingerprint density at radius 1 is 0.864 bits per heavy atom. The molecule has 3 aromatic rings. The fourth-order valence-corrected chi connectivity index (χ4v) is 3.28. The Balaban J connectivity index is 2.03. The van der Waals surface area contributed by atoms with Gasteiger partial charge in [-0.1, -0.05) is 30.3 Å². The Labute approximate surface area is 134 Å². The van der Waals surface area contributed by atoms with E-state index in [-0.39, 0.29) is 0 Å². The van der Waals surface area contributed by atoms with Gasteiger partial charge in [0.2, 0.25) is 0 Å². The van der Waals surface area contributed by atoms with Gasteiger partial charge in [0.1, 0.15) is 5.01 Å². The van der Waals surface area contributed by atoms with Gasteiger partial charge in [0, 0.05) is 16.0 Å². The topological polar surface area (TPSA) is 31.4 Å². The van der Waals surface area contributed by atoms with Crippen molar-refractivity contribution in [2.24, 2.45) is 0 Å². The van der Waals surface area contributed by atoms with Crippen LogP contribution in [0.3, 0.4) is 0 Å². The molecule has 3 rings (SSSR count). The number of aryl methyl sites for hydroxylation is 1. The molecule has 0 saturated carbocycles. The van der Waals surface area contributed by atoms with E-state index in [1.165, 1.54) is 4.88 Å². The van der Waals surface area contributed by atoms with E-state index >= 15 is 0 Å². The van der Waals surface area contributed by atoms with E-state index in [4.69, 9.17) is 14.5 Å². The number of rotatable bonds is 4. The minimum Gasteiger partial charge on any atom is -0.493 e. The molecule has 0 atom stereocenters. The molecule has 2 aromatic carbocycles. The summed E-state index contributed by atoms with van der Waals surface area (Å²) in [5.74, 6) is 1.44. The molecule has 1 aromatic heterocycles. The lowest BCUT2D eigenvalue weighted by atomic mass is 10.1. The van der Waals surface area contributed by atoms with Crippen LogP contribution in [0.25, 0.3) is 21.8 Å². The molecule has 0 radical (unpaired) electrons. The zero-order valence-corrected chi connectivity index (χ0v) is 13.6. The fraction of sp³-hybridized carbons (Fsp3) is 0.167. The van der Waals surface area contributed by atoms with Crippen LogP contribution in [0, 0.1) is 6.92 Å². The Morgan fingerprint density at radius 3 is 2.27 bits per heavy atom. The first-order valence-corrected chi connectivity index (χ1v) is 7.80. The molecule has 0 fully saturated rings. The van der Waals surface area contributed by atoms with Crippen molar-refractivity contribution in [3.8, 4) is 33.3 Å². The van der Waals surface area contributed by atoms with E-state index in [1.807, 2.05) is 36.4 Å². The molecule has 112 valence electrons. The number of hydrogen-bond acceptors (Lipinski definition) is 4. The van der Waals surface area contributed by atoms with Gasteiger partial charge >= 0.3 is 0 Å². The number of nitrogens with zero attached hydrogens (tertiary/aromatic N) is 1. The van der Waals surface area contributed by atoms with Crippen LogP contribution in [0.4, 0.5) is 0 Å². The third kappa shape index (κ3) is 2.70. The first-order chi connectivity index (χ1) is 10.7. The van der Waals surface area contributed by atoms with E-state index in [0.717, 1.165) is 27.6 Å². The number of methoxy groups -OCH3 is 2. The quantitative estimate of drug-likeness (QED) is 0.693. The predicted molar refractivity (Wildman–Crippen MR) is 90.8 cm³/mol. The van der Waals surface area contributed by atoms with Crippen LogP contribution in [0.2, 0.25) is 0 Å². The zero-order chi connectivity index (χ0) is 15.5. The lowest BCUT2D eigenvalue weighted by Gasteiger charge is -2.08. The fourth-order valence-electron chi connectivity index (χ4n) is 2.35. The molecule has 3 nitrogen and oxygen atoms in total. The molecule has 1 heterocycles. The number of benzene rings is 2. The van der Waals surface area contributed by atoms with Gasteiger partial charge in [-0.3, -0.25) is 0 Å². The van der Waals surface area contributed by atoms with Crippen molar-refractivity contribution < 1.29 is 9.47 Å². The van der Waals surface area contributed by atoms with Crippen LogP contribution in [0.1, 0.15) is 4.88 Å². The number of ether oxygens (including phenoxy) is 2. The maximum absolute atomic E-state index is 5.37. The summed E-state index contributed by atoms with van der Waals surface area (Å²) in [5, 5.41) is 0.984. The van der Waals surface area contributed by atoms with Gasteiger partial charge in [0.15, 0.2) is 11.5 Å². The third-order valence-electron chi connectivity index (χ3n) is 3.47. The second-order valence-corrected chi connectivity index (χ2v) is 6.06. The molecule has 0 aliphatic heterocycles. The molecule has 0 saturated heterocycles. The maximum atomic E-state index is 5.37. The predicted octanol–water partition coefficient (Wildman–Crippen LogP) is 4.80. The third-order valence-corrected chi connectivity index (χ3v) is 4.49. The van der Waals surface area contributed by atoms with Gasteiger partial charge < -0.3 is 9.47 Å². The second kappa shape index (κ2) is 6.20. The maximum Gasteiger partial charge on any atom is 0.161 e. The highest BCUT2D eigenvalue weighted by molar-refractivity contribution is 7.15. The van der Waals surface area contributed by atoms with Crippen molar-refractivity contribution in [2.45, 2.75) is 6.92 Å². The Bertz CT molecular complexity index is 781. The van der Waals surface area contributed by atoms with E-state index < -0.39 is 0 Å². The van der Waals surface area contributed by atoms with Gasteiger partial charge in [0.25, 0.3) is 0 Å². The highest BCUT2D eigenvalue weighted by Gasteiger charge is 2.13. The van der Waals surface area contributed by atoms with Crippen molar-refractivity contribution in [1.82, 2.24) is 4.98 Å². The van der Waals surface area contributed by atoms with Gasteiger partial charge in [-0.05, 0) is 25.1 Å². The van der Waals surface area contributed by atoms with E-state index in [9.17, 15) is 0 Å². The zero-order valence-electron chi connectivity index (χ0n) is 12.8. The normalized spacial score (nSPS) is 10.5. The summed E-state index contributed by atoms with van der Waals surface area (Å²) in [5.41, 5.74) is 3.21. The monoisotopic (exact) mass is 311 g/mol. The van der Waals surface area contributed by atoms with Gasteiger partial charge in [-0.25, -0.2) is 4.98 Å². The van der Waals surface area contributed by atoms with Crippen LogP contribution in [0.15, 0.2) is 48.5 Å². The molecule has 0 bridgehead atoms. The largest absolute Gasteiger partial charge is 0.493 e. The highest BCUT2D eigenvalue weighted by atomic mass is 32.1. The average Bonchev–Trinajstić information content (AvgIpc) is 2.97. The molecule has 0 aliphatic carbocycles. The van der Waals surface area contributed by atoms with Crippen LogP contribution in [-0.2, 0) is 0 Å². The molecule has 0 amide bonds. The van der Waals surface area contributed by atoms with E-state index in [1.54, 1.807) is 25.6 Å². The molecule has 0 unspecified atom stereocenters. The van der Waals surface area contributed by atoms with Crippen molar-refractivity contribution in [1.29, 1.82) is 0 Å². The van der Waals surface area contributed by atoms with Gasteiger partial charge in [0.05, 0.1) is 19.9 Å². The average molecular weight is 311 g/mol. The first kappa shape index (κ1) is 14.6. The van der Waals surface area contributed by atoms with Crippen molar-refractivity contribution >= 4 is 11.3 Å². The summed E-state index contributed by atoms with van der Waals surface area (Å²) in [6.07, 6.45) is 0.